The Bertz CT molecular complexity index is 865. The maximum atomic E-state index is 13.6. The average molecular weight is 449 g/mol. The second-order valence-electron chi connectivity index (χ2n) is 9.16. The van der Waals surface area contributed by atoms with E-state index >= 15 is 0 Å². The van der Waals surface area contributed by atoms with Crippen molar-refractivity contribution in [2.24, 2.45) is 5.92 Å². The van der Waals surface area contributed by atoms with Crippen molar-refractivity contribution in [3.63, 3.8) is 0 Å². The Morgan fingerprint density at radius 3 is 2.26 bits per heavy atom. The summed E-state index contributed by atoms with van der Waals surface area (Å²) in [6, 6.07) is 11.6. The highest BCUT2D eigenvalue weighted by molar-refractivity contribution is 7.81. The van der Waals surface area contributed by atoms with Gasteiger partial charge in [0.05, 0.1) is 0 Å². The maximum absolute atomic E-state index is 13.6. The SMILES string of the molecule is CC(=O)N[C@@H](Cc1cc(F)cc(F)c1)[C@H](S)CNC(C)(C)c1cccc(CC(C)C)c1. The minimum atomic E-state index is -0.632. The predicted octanol–water partition coefficient (Wildman–Crippen LogP) is 5.03. The molecule has 0 radical (unpaired) electrons. The molecule has 0 aromatic heterocycles. The van der Waals surface area contributed by atoms with Gasteiger partial charge in [0.25, 0.3) is 0 Å². The number of hydrogen-bond acceptors (Lipinski definition) is 3. The van der Waals surface area contributed by atoms with Crippen LogP contribution in [0.5, 0.6) is 0 Å². The fraction of sp³-hybridized carbons (Fsp3) is 0.480. The summed E-state index contributed by atoms with van der Waals surface area (Å²) in [6.45, 7) is 10.6. The van der Waals surface area contributed by atoms with E-state index in [1.807, 2.05) is 0 Å². The van der Waals surface area contributed by atoms with Crippen LogP contribution in [-0.4, -0.2) is 23.7 Å². The smallest absolute Gasteiger partial charge is 0.217 e. The Morgan fingerprint density at radius 2 is 1.68 bits per heavy atom. The molecule has 6 heteroatoms. The number of nitrogens with one attached hydrogen (secondary N) is 2. The highest BCUT2D eigenvalue weighted by Crippen LogP contribution is 2.23. The lowest BCUT2D eigenvalue weighted by atomic mass is 9.90. The van der Waals surface area contributed by atoms with Crippen molar-refractivity contribution in [3.05, 3.63) is 70.8 Å². The molecule has 170 valence electrons. The maximum Gasteiger partial charge on any atom is 0.217 e. The van der Waals surface area contributed by atoms with Crippen molar-refractivity contribution >= 4 is 18.5 Å². The lowest BCUT2D eigenvalue weighted by Crippen LogP contribution is -2.49. The second kappa shape index (κ2) is 11.1. The number of hydrogen-bond donors (Lipinski definition) is 3. The topological polar surface area (TPSA) is 41.1 Å². The zero-order chi connectivity index (χ0) is 23.2. The van der Waals surface area contributed by atoms with Crippen LogP contribution in [-0.2, 0) is 23.2 Å². The Morgan fingerprint density at radius 1 is 1.03 bits per heavy atom. The fourth-order valence-electron chi connectivity index (χ4n) is 3.69. The first kappa shape index (κ1) is 25.3. The number of benzene rings is 2. The third kappa shape index (κ3) is 8.26. The van der Waals surface area contributed by atoms with Gasteiger partial charge in [0.2, 0.25) is 5.91 Å². The first-order valence-corrected chi connectivity index (χ1v) is 11.2. The molecule has 1 amide bonds. The molecule has 3 nitrogen and oxygen atoms in total. The van der Waals surface area contributed by atoms with Crippen LogP contribution >= 0.6 is 12.6 Å². The quantitative estimate of drug-likeness (QED) is 0.446. The molecule has 0 fully saturated rings. The van der Waals surface area contributed by atoms with Gasteiger partial charge in [-0.25, -0.2) is 8.78 Å². The van der Waals surface area contributed by atoms with Gasteiger partial charge in [-0.1, -0.05) is 38.1 Å². The summed E-state index contributed by atoms with van der Waals surface area (Å²) in [7, 11) is 0. The van der Waals surface area contributed by atoms with E-state index in [2.05, 4.69) is 62.6 Å². The Balaban J connectivity index is 2.10. The van der Waals surface area contributed by atoms with Crippen LogP contribution in [0.2, 0.25) is 0 Å². The van der Waals surface area contributed by atoms with Gasteiger partial charge in [-0.2, -0.15) is 12.6 Å². The van der Waals surface area contributed by atoms with E-state index in [1.165, 1.54) is 30.2 Å². The highest BCUT2D eigenvalue weighted by Gasteiger charge is 2.25. The molecule has 0 saturated heterocycles. The molecule has 2 N–H and O–H groups in total. The molecule has 2 aromatic carbocycles. The van der Waals surface area contributed by atoms with Crippen molar-refractivity contribution in [1.29, 1.82) is 0 Å². The van der Waals surface area contributed by atoms with E-state index in [1.54, 1.807) is 0 Å². The molecule has 0 saturated carbocycles. The normalized spacial score (nSPS) is 13.8. The number of rotatable bonds is 10. The zero-order valence-electron chi connectivity index (χ0n) is 19.0. The predicted molar refractivity (Wildman–Crippen MR) is 126 cm³/mol. The largest absolute Gasteiger partial charge is 0.352 e. The summed E-state index contributed by atoms with van der Waals surface area (Å²) >= 11 is 4.71. The van der Waals surface area contributed by atoms with Gasteiger partial charge < -0.3 is 10.6 Å². The van der Waals surface area contributed by atoms with Crippen LogP contribution in [0.1, 0.15) is 51.3 Å². The van der Waals surface area contributed by atoms with E-state index in [0.717, 1.165) is 12.5 Å². The van der Waals surface area contributed by atoms with Crippen LogP contribution in [0.15, 0.2) is 42.5 Å². The van der Waals surface area contributed by atoms with Gasteiger partial charge in [-0.15, -0.1) is 0 Å². The molecule has 0 unspecified atom stereocenters. The number of thiol groups is 1. The molecule has 2 rings (SSSR count). The molecule has 2 atom stereocenters. The fourth-order valence-corrected chi connectivity index (χ4v) is 3.96. The average Bonchev–Trinajstić information content (AvgIpc) is 2.64. The van der Waals surface area contributed by atoms with E-state index in [4.69, 9.17) is 12.6 Å². The van der Waals surface area contributed by atoms with Crippen molar-refractivity contribution in [2.75, 3.05) is 6.54 Å². The van der Waals surface area contributed by atoms with E-state index in [9.17, 15) is 13.6 Å². The molecular weight excluding hydrogens is 414 g/mol. The molecular formula is C25H34F2N2OS. The number of carbonyl (C=O) groups is 1. The summed E-state index contributed by atoms with van der Waals surface area (Å²) in [5.74, 6) is -0.888. The van der Waals surface area contributed by atoms with Crippen molar-refractivity contribution < 1.29 is 13.6 Å². The number of halogens is 2. The number of carbonyl (C=O) groups excluding carboxylic acids is 1. The molecule has 0 aliphatic rings. The van der Waals surface area contributed by atoms with Gasteiger partial charge in [-0.05, 0) is 61.4 Å². The molecule has 0 aliphatic heterocycles. The van der Waals surface area contributed by atoms with Crippen LogP contribution < -0.4 is 10.6 Å². The summed E-state index contributed by atoms with van der Waals surface area (Å²) in [5, 5.41) is 6.16. The monoisotopic (exact) mass is 448 g/mol. The Hall–Kier alpha value is -1.92. The van der Waals surface area contributed by atoms with Crippen molar-refractivity contribution in [1.82, 2.24) is 10.6 Å². The Kier molecular flexibility index (Phi) is 9.07. The lowest BCUT2D eigenvalue weighted by Gasteiger charge is -2.32. The molecule has 2 aromatic rings. The third-order valence-corrected chi connectivity index (χ3v) is 5.82. The van der Waals surface area contributed by atoms with Crippen LogP contribution in [0.25, 0.3) is 0 Å². The van der Waals surface area contributed by atoms with Crippen LogP contribution in [0.4, 0.5) is 8.78 Å². The van der Waals surface area contributed by atoms with E-state index in [-0.39, 0.29) is 29.2 Å². The van der Waals surface area contributed by atoms with Crippen molar-refractivity contribution in [2.45, 2.75) is 64.3 Å². The van der Waals surface area contributed by atoms with Gasteiger partial charge in [-0.3, -0.25) is 4.79 Å². The van der Waals surface area contributed by atoms with Gasteiger partial charge in [0.15, 0.2) is 0 Å². The summed E-state index contributed by atoms with van der Waals surface area (Å²) in [6.07, 6.45) is 1.31. The second-order valence-corrected chi connectivity index (χ2v) is 9.82. The summed E-state index contributed by atoms with van der Waals surface area (Å²) in [4.78, 5) is 11.7. The lowest BCUT2D eigenvalue weighted by molar-refractivity contribution is -0.119. The van der Waals surface area contributed by atoms with Gasteiger partial charge >= 0.3 is 0 Å². The molecule has 0 spiro atoms. The molecule has 0 heterocycles. The van der Waals surface area contributed by atoms with Crippen molar-refractivity contribution in [3.8, 4) is 0 Å². The molecule has 0 aliphatic carbocycles. The summed E-state index contributed by atoms with van der Waals surface area (Å²) < 4.78 is 27.2. The van der Waals surface area contributed by atoms with Crippen LogP contribution in [0, 0.1) is 17.6 Å². The first-order chi connectivity index (χ1) is 14.5. The zero-order valence-corrected chi connectivity index (χ0v) is 19.9. The van der Waals surface area contributed by atoms with Crippen LogP contribution in [0.3, 0.4) is 0 Å². The summed E-state index contributed by atoms with van der Waals surface area (Å²) in [5.41, 5.74) is 2.65. The third-order valence-electron chi connectivity index (χ3n) is 5.28. The minimum Gasteiger partial charge on any atom is -0.352 e. The molecule has 0 bridgehead atoms. The number of amides is 1. The minimum absolute atomic E-state index is 0.207. The highest BCUT2D eigenvalue weighted by atomic mass is 32.1. The first-order valence-electron chi connectivity index (χ1n) is 10.7. The van der Waals surface area contributed by atoms with Gasteiger partial charge in [0, 0.05) is 36.4 Å². The standard InChI is InChI=1S/C25H34F2N2OS/c1-16(2)9-18-7-6-8-20(10-18)25(4,5)28-15-24(31)23(29-17(3)30)13-19-11-21(26)14-22(27)12-19/h6-8,10-12,14,16,23-24,28,31H,9,13,15H2,1-5H3,(H,29,30)/t23-,24+/m0/s1. The van der Waals surface area contributed by atoms with Gasteiger partial charge in [0.1, 0.15) is 11.6 Å². The molecule has 31 heavy (non-hydrogen) atoms. The van der Waals surface area contributed by atoms with E-state index < -0.39 is 11.6 Å². The Labute approximate surface area is 190 Å². The van der Waals surface area contributed by atoms with E-state index in [0.29, 0.717) is 18.0 Å².